The van der Waals surface area contributed by atoms with Gasteiger partial charge in [-0.1, -0.05) is 34.6 Å². The van der Waals surface area contributed by atoms with Crippen LogP contribution in [0.2, 0.25) is 0 Å². The Morgan fingerprint density at radius 1 is 1.07 bits per heavy atom. The Morgan fingerprint density at radius 3 is 2.30 bits per heavy atom. The van der Waals surface area contributed by atoms with Gasteiger partial charge in [-0.3, -0.25) is 4.90 Å². The lowest BCUT2D eigenvalue weighted by molar-refractivity contribution is 0.0794. The molecule has 1 heterocycles. The molecular formula is C24H43N3. The van der Waals surface area contributed by atoms with E-state index < -0.39 is 0 Å². The van der Waals surface area contributed by atoms with Crippen molar-refractivity contribution in [2.45, 2.75) is 84.7 Å². The molecule has 1 N–H and O–H groups in total. The topological polar surface area (TPSA) is 18.5 Å². The maximum absolute atomic E-state index is 3.27. The molecule has 0 saturated heterocycles. The Kier molecular flexibility index (Phi) is 7.38. The fourth-order valence-corrected chi connectivity index (χ4v) is 4.23. The second kappa shape index (κ2) is 8.96. The lowest BCUT2D eigenvalue weighted by Crippen LogP contribution is -2.48. The van der Waals surface area contributed by atoms with E-state index >= 15 is 0 Å². The van der Waals surface area contributed by atoms with Crippen LogP contribution in [0, 0.1) is 0 Å². The Morgan fingerprint density at radius 2 is 1.74 bits per heavy atom. The molecular weight excluding hydrogens is 330 g/mol. The first-order chi connectivity index (χ1) is 12.7. The largest absolute Gasteiger partial charge is 0.373 e. The van der Waals surface area contributed by atoms with E-state index in [0.717, 1.165) is 19.6 Å². The van der Waals surface area contributed by atoms with Crippen molar-refractivity contribution < 1.29 is 0 Å². The van der Waals surface area contributed by atoms with Crippen LogP contribution in [0.5, 0.6) is 0 Å². The minimum atomic E-state index is 0.210. The monoisotopic (exact) mass is 373 g/mol. The molecule has 0 bridgehead atoms. The predicted molar refractivity (Wildman–Crippen MR) is 120 cm³/mol. The Bertz CT molecular complexity index is 616. The zero-order valence-electron chi connectivity index (χ0n) is 19.2. The molecule has 0 unspecified atom stereocenters. The highest BCUT2D eigenvalue weighted by molar-refractivity contribution is 5.57. The summed E-state index contributed by atoms with van der Waals surface area (Å²) in [6.45, 7) is 18.6. The van der Waals surface area contributed by atoms with Gasteiger partial charge in [0.15, 0.2) is 0 Å². The lowest BCUT2D eigenvalue weighted by atomic mass is 9.76. The number of anilines is 1. The summed E-state index contributed by atoms with van der Waals surface area (Å²) in [6.07, 6.45) is 4.78. The van der Waals surface area contributed by atoms with E-state index in [-0.39, 0.29) is 5.41 Å². The summed E-state index contributed by atoms with van der Waals surface area (Å²) in [5.74, 6) is 0. The second-order valence-corrected chi connectivity index (χ2v) is 9.27. The van der Waals surface area contributed by atoms with E-state index in [1.807, 2.05) is 7.05 Å². The highest BCUT2D eigenvalue weighted by Gasteiger charge is 2.34. The minimum Gasteiger partial charge on any atom is -0.373 e. The minimum absolute atomic E-state index is 0.210. The summed E-state index contributed by atoms with van der Waals surface area (Å²) < 4.78 is 0. The van der Waals surface area contributed by atoms with E-state index in [1.165, 1.54) is 37.9 Å². The average molecular weight is 374 g/mol. The number of nitrogens with one attached hydrogen (secondary N) is 1. The molecule has 0 aliphatic carbocycles. The number of likely N-dealkylation sites (N-methyl/N-ethyl adjacent to an activating group) is 2. The average Bonchev–Trinajstić information content (AvgIpc) is 2.69. The molecule has 3 nitrogen and oxygen atoms in total. The van der Waals surface area contributed by atoms with Gasteiger partial charge in [0.25, 0.3) is 0 Å². The third-order valence-corrected chi connectivity index (χ3v) is 7.36. The van der Waals surface area contributed by atoms with Crippen LogP contribution in [0.1, 0.15) is 77.5 Å². The van der Waals surface area contributed by atoms with Gasteiger partial charge < -0.3 is 10.2 Å². The Hall–Kier alpha value is -1.06. The van der Waals surface area contributed by atoms with Crippen LogP contribution in [-0.2, 0) is 18.4 Å². The molecule has 154 valence electrons. The molecule has 0 amide bonds. The summed E-state index contributed by atoms with van der Waals surface area (Å²) in [5, 5.41) is 3.27. The first-order valence-corrected chi connectivity index (χ1v) is 11.0. The summed E-state index contributed by atoms with van der Waals surface area (Å²) in [4.78, 5) is 5.15. The molecule has 0 spiro atoms. The highest BCUT2D eigenvalue weighted by atomic mass is 15.2. The maximum atomic E-state index is 3.27. The smallest absolute Gasteiger partial charge is 0.0370 e. The zero-order valence-corrected chi connectivity index (χ0v) is 19.2. The number of rotatable bonds is 9. The number of benzene rings is 1. The summed E-state index contributed by atoms with van der Waals surface area (Å²) in [6, 6.07) is 4.95. The predicted octanol–water partition coefficient (Wildman–Crippen LogP) is 4.97. The van der Waals surface area contributed by atoms with Crippen LogP contribution in [0.25, 0.3) is 0 Å². The van der Waals surface area contributed by atoms with Gasteiger partial charge in [0.2, 0.25) is 0 Å². The van der Waals surface area contributed by atoms with Crippen molar-refractivity contribution in [2.24, 2.45) is 0 Å². The van der Waals surface area contributed by atoms with E-state index in [2.05, 4.69) is 75.8 Å². The fraction of sp³-hybridized carbons (Fsp3) is 0.750. The molecule has 3 heteroatoms. The normalized spacial score (nSPS) is 15.7. The van der Waals surface area contributed by atoms with Crippen molar-refractivity contribution in [1.82, 2.24) is 10.2 Å². The van der Waals surface area contributed by atoms with Gasteiger partial charge >= 0.3 is 0 Å². The fourth-order valence-electron chi connectivity index (χ4n) is 4.23. The first kappa shape index (κ1) is 22.2. The van der Waals surface area contributed by atoms with Gasteiger partial charge in [0.05, 0.1) is 0 Å². The SMILES string of the molecule is CCC(C)(C)c1cc(N(C)CCNC)cc2c1CN(C(C)(CC)CC)CC2. The Labute approximate surface area is 168 Å². The van der Waals surface area contributed by atoms with Crippen molar-refractivity contribution in [3.05, 3.63) is 28.8 Å². The molecule has 0 saturated carbocycles. The van der Waals surface area contributed by atoms with Gasteiger partial charge in [0.1, 0.15) is 0 Å². The molecule has 1 aromatic carbocycles. The van der Waals surface area contributed by atoms with Gasteiger partial charge in [-0.15, -0.1) is 0 Å². The van der Waals surface area contributed by atoms with Gasteiger partial charge in [-0.2, -0.15) is 0 Å². The van der Waals surface area contributed by atoms with Crippen LogP contribution in [0.15, 0.2) is 12.1 Å². The third kappa shape index (κ3) is 4.68. The van der Waals surface area contributed by atoms with Crippen LogP contribution in [-0.4, -0.2) is 44.2 Å². The van der Waals surface area contributed by atoms with Crippen LogP contribution in [0.3, 0.4) is 0 Å². The van der Waals surface area contributed by atoms with Crippen LogP contribution in [0.4, 0.5) is 5.69 Å². The highest BCUT2D eigenvalue weighted by Crippen LogP contribution is 2.39. The van der Waals surface area contributed by atoms with Crippen molar-refractivity contribution in [3.63, 3.8) is 0 Å². The summed E-state index contributed by atoms with van der Waals surface area (Å²) in [5.41, 5.74) is 6.64. The van der Waals surface area contributed by atoms with Crippen molar-refractivity contribution >= 4 is 5.69 Å². The molecule has 2 rings (SSSR count). The van der Waals surface area contributed by atoms with E-state index in [1.54, 1.807) is 16.7 Å². The first-order valence-electron chi connectivity index (χ1n) is 11.0. The molecule has 1 aliphatic heterocycles. The van der Waals surface area contributed by atoms with Gasteiger partial charge in [-0.05, 0) is 73.9 Å². The van der Waals surface area contributed by atoms with Crippen molar-refractivity contribution in [1.29, 1.82) is 0 Å². The van der Waals surface area contributed by atoms with Crippen molar-refractivity contribution in [2.75, 3.05) is 38.6 Å². The number of nitrogens with zero attached hydrogens (tertiary/aromatic N) is 2. The lowest BCUT2D eigenvalue weighted by Gasteiger charge is -2.45. The van der Waals surface area contributed by atoms with E-state index in [0.29, 0.717) is 5.54 Å². The van der Waals surface area contributed by atoms with Crippen LogP contribution < -0.4 is 10.2 Å². The van der Waals surface area contributed by atoms with Gasteiger partial charge in [-0.25, -0.2) is 0 Å². The quantitative estimate of drug-likeness (QED) is 0.659. The number of fused-ring (bicyclic) bond motifs is 1. The molecule has 0 fully saturated rings. The standard InChI is InChI=1S/C24H43N3/c1-9-23(4,5)22-17-20(26(8)15-13-25-7)16-19-12-14-27(18-21(19)22)24(6,10-2)11-3/h16-17,25H,9-15,18H2,1-8H3. The number of hydrogen-bond donors (Lipinski definition) is 1. The second-order valence-electron chi connectivity index (χ2n) is 9.27. The van der Waals surface area contributed by atoms with E-state index in [9.17, 15) is 0 Å². The molecule has 1 aromatic rings. The molecule has 1 aliphatic rings. The number of hydrogen-bond acceptors (Lipinski definition) is 3. The molecule has 0 aromatic heterocycles. The molecule has 0 atom stereocenters. The third-order valence-electron chi connectivity index (χ3n) is 7.36. The van der Waals surface area contributed by atoms with Crippen LogP contribution >= 0.6 is 0 Å². The molecule has 27 heavy (non-hydrogen) atoms. The Balaban J connectivity index is 2.47. The summed E-state index contributed by atoms with van der Waals surface area (Å²) in [7, 11) is 4.25. The maximum Gasteiger partial charge on any atom is 0.0370 e. The van der Waals surface area contributed by atoms with E-state index in [4.69, 9.17) is 0 Å². The van der Waals surface area contributed by atoms with Gasteiger partial charge in [0, 0.05) is 44.5 Å². The molecule has 0 radical (unpaired) electrons. The summed E-state index contributed by atoms with van der Waals surface area (Å²) >= 11 is 0. The zero-order chi connectivity index (χ0) is 20.2. The van der Waals surface area contributed by atoms with Crippen molar-refractivity contribution in [3.8, 4) is 0 Å².